The lowest BCUT2D eigenvalue weighted by molar-refractivity contribution is 0.443. The molecule has 1 aromatic carbocycles. The zero-order valence-electron chi connectivity index (χ0n) is 16.9. The van der Waals surface area contributed by atoms with Crippen LogP contribution in [0.2, 0.25) is 0 Å². The van der Waals surface area contributed by atoms with Crippen LogP contribution in [0.4, 0.5) is 0 Å². The van der Waals surface area contributed by atoms with E-state index in [1.807, 2.05) is 0 Å². The molecule has 7 nitrogen and oxygen atoms in total. The summed E-state index contributed by atoms with van der Waals surface area (Å²) in [6, 6.07) is 6.30. The molecule has 1 saturated heterocycles. The van der Waals surface area contributed by atoms with Gasteiger partial charge in [0.15, 0.2) is 5.96 Å². The van der Waals surface area contributed by atoms with Crippen LogP contribution in [-0.4, -0.2) is 74.2 Å². The van der Waals surface area contributed by atoms with Gasteiger partial charge in [-0.05, 0) is 24.5 Å². The average Bonchev–Trinajstić information content (AvgIpc) is 3.12. The molecule has 0 bridgehead atoms. The van der Waals surface area contributed by atoms with Crippen molar-refractivity contribution in [1.29, 1.82) is 0 Å². The molecular weight excluding hydrogens is 521 g/mol. The summed E-state index contributed by atoms with van der Waals surface area (Å²) in [5.74, 6) is 2.47. The molecule has 0 saturated carbocycles. The lowest BCUT2D eigenvalue weighted by atomic mass is 10.1. The zero-order valence-corrected chi connectivity index (χ0v) is 20.9. The van der Waals surface area contributed by atoms with Gasteiger partial charge in [-0.3, -0.25) is 4.99 Å². The van der Waals surface area contributed by atoms with E-state index in [4.69, 9.17) is 0 Å². The SMILES string of the molecule is CN=C(NCCc1c[nH]c2c(C)cccc12)NCCS(=O)(=O)N1CCSCC1.I. The first-order valence-electron chi connectivity index (χ1n) is 9.57. The van der Waals surface area contributed by atoms with Gasteiger partial charge in [0.2, 0.25) is 10.0 Å². The topological polar surface area (TPSA) is 89.6 Å². The molecule has 2 aromatic rings. The lowest BCUT2D eigenvalue weighted by Crippen LogP contribution is -2.44. The summed E-state index contributed by atoms with van der Waals surface area (Å²) in [5, 5.41) is 7.62. The second-order valence-electron chi connectivity index (χ2n) is 6.81. The smallest absolute Gasteiger partial charge is 0.215 e. The van der Waals surface area contributed by atoms with Crippen molar-refractivity contribution >= 4 is 62.6 Å². The van der Waals surface area contributed by atoms with Crippen molar-refractivity contribution < 1.29 is 8.42 Å². The average molecular weight is 552 g/mol. The maximum Gasteiger partial charge on any atom is 0.215 e. The summed E-state index contributed by atoms with van der Waals surface area (Å²) < 4.78 is 26.4. The number of aromatic amines is 1. The van der Waals surface area contributed by atoms with Crippen molar-refractivity contribution in [2.24, 2.45) is 4.99 Å². The van der Waals surface area contributed by atoms with Gasteiger partial charge in [-0.1, -0.05) is 18.2 Å². The van der Waals surface area contributed by atoms with E-state index in [0.29, 0.717) is 25.6 Å². The van der Waals surface area contributed by atoms with Crippen molar-refractivity contribution in [1.82, 2.24) is 19.9 Å². The Morgan fingerprint density at radius 2 is 1.97 bits per heavy atom. The van der Waals surface area contributed by atoms with E-state index >= 15 is 0 Å². The second kappa shape index (κ2) is 11.4. The fraction of sp³-hybridized carbons (Fsp3) is 0.526. The highest BCUT2D eigenvalue weighted by atomic mass is 127. The van der Waals surface area contributed by atoms with Crippen LogP contribution < -0.4 is 10.6 Å². The molecule has 1 fully saturated rings. The van der Waals surface area contributed by atoms with Gasteiger partial charge in [0, 0.05) is 61.8 Å². The van der Waals surface area contributed by atoms with Gasteiger partial charge in [-0.15, -0.1) is 24.0 Å². The number of para-hydroxylation sites is 1. The fourth-order valence-corrected chi connectivity index (χ4v) is 5.85. The first-order chi connectivity index (χ1) is 13.5. The van der Waals surface area contributed by atoms with Gasteiger partial charge in [0.05, 0.1) is 5.75 Å². The first kappa shape index (κ1) is 24.3. The number of hydrogen-bond donors (Lipinski definition) is 3. The van der Waals surface area contributed by atoms with Gasteiger partial charge in [-0.2, -0.15) is 11.8 Å². The number of guanidine groups is 1. The maximum atomic E-state index is 12.4. The molecule has 1 aliphatic rings. The van der Waals surface area contributed by atoms with E-state index in [0.717, 1.165) is 24.5 Å². The highest BCUT2D eigenvalue weighted by Crippen LogP contribution is 2.21. The van der Waals surface area contributed by atoms with E-state index < -0.39 is 10.0 Å². The molecule has 3 N–H and O–H groups in total. The number of aryl methyl sites for hydroxylation is 1. The van der Waals surface area contributed by atoms with Gasteiger partial charge in [0.25, 0.3) is 0 Å². The van der Waals surface area contributed by atoms with Crippen LogP contribution in [0.25, 0.3) is 10.9 Å². The van der Waals surface area contributed by atoms with Crippen molar-refractivity contribution in [2.75, 3.05) is 50.5 Å². The van der Waals surface area contributed by atoms with Gasteiger partial charge < -0.3 is 15.6 Å². The summed E-state index contributed by atoms with van der Waals surface area (Å²) in [6.45, 7) is 4.39. The van der Waals surface area contributed by atoms with Crippen molar-refractivity contribution in [3.8, 4) is 0 Å². The quantitative estimate of drug-likeness (QED) is 0.279. The third kappa shape index (κ3) is 6.50. The third-order valence-electron chi connectivity index (χ3n) is 4.94. The minimum atomic E-state index is -3.20. The summed E-state index contributed by atoms with van der Waals surface area (Å²) in [5.41, 5.74) is 3.68. The Morgan fingerprint density at radius 1 is 1.24 bits per heavy atom. The number of halogens is 1. The lowest BCUT2D eigenvalue weighted by Gasteiger charge is -2.25. The van der Waals surface area contributed by atoms with Crippen LogP contribution in [0.5, 0.6) is 0 Å². The van der Waals surface area contributed by atoms with Crippen molar-refractivity contribution in [3.05, 3.63) is 35.5 Å². The highest BCUT2D eigenvalue weighted by molar-refractivity contribution is 14.0. The number of hydrogen-bond acceptors (Lipinski definition) is 4. The highest BCUT2D eigenvalue weighted by Gasteiger charge is 2.23. The van der Waals surface area contributed by atoms with Gasteiger partial charge >= 0.3 is 0 Å². The monoisotopic (exact) mass is 551 g/mol. The van der Waals surface area contributed by atoms with Crippen LogP contribution in [0.1, 0.15) is 11.1 Å². The van der Waals surface area contributed by atoms with Crippen molar-refractivity contribution in [3.63, 3.8) is 0 Å². The Hall–Kier alpha value is -0.980. The molecule has 0 spiro atoms. The normalized spacial score (nSPS) is 15.9. The minimum Gasteiger partial charge on any atom is -0.361 e. The Balaban J connectivity index is 0.00000300. The van der Waals surface area contributed by atoms with Crippen molar-refractivity contribution in [2.45, 2.75) is 13.3 Å². The van der Waals surface area contributed by atoms with E-state index in [1.165, 1.54) is 22.0 Å². The summed E-state index contributed by atoms with van der Waals surface area (Å²) in [7, 11) is -1.51. The zero-order chi connectivity index (χ0) is 20.0. The van der Waals surface area contributed by atoms with E-state index in [-0.39, 0.29) is 29.7 Å². The molecule has 0 aliphatic carbocycles. The fourth-order valence-electron chi connectivity index (χ4n) is 3.36. The number of rotatable bonds is 7. The molecule has 1 aromatic heterocycles. The van der Waals surface area contributed by atoms with Crippen LogP contribution >= 0.6 is 35.7 Å². The number of thioether (sulfide) groups is 1. The number of H-pyrrole nitrogens is 1. The summed E-state index contributed by atoms with van der Waals surface area (Å²) in [6.07, 6.45) is 2.91. The number of sulfonamides is 1. The number of benzene rings is 1. The number of nitrogens with one attached hydrogen (secondary N) is 3. The molecule has 162 valence electrons. The molecule has 0 radical (unpaired) electrons. The number of fused-ring (bicyclic) bond motifs is 1. The Kier molecular flexibility index (Phi) is 9.57. The van der Waals surface area contributed by atoms with E-state index in [1.54, 1.807) is 23.1 Å². The van der Waals surface area contributed by atoms with Crippen LogP contribution in [-0.2, 0) is 16.4 Å². The van der Waals surface area contributed by atoms with Crippen LogP contribution in [0.15, 0.2) is 29.4 Å². The number of nitrogens with zero attached hydrogens (tertiary/aromatic N) is 2. The van der Waals surface area contributed by atoms with Gasteiger partial charge in [0.1, 0.15) is 0 Å². The Bertz CT molecular complexity index is 924. The van der Waals surface area contributed by atoms with Crippen LogP contribution in [0, 0.1) is 6.92 Å². The molecular formula is C19H30IN5O2S2. The standard InChI is InChI=1S/C19H29N5O2S2.HI/c1-15-4-3-5-17-16(14-23-18(15)17)6-7-21-19(20-2)22-8-13-28(25,26)24-9-11-27-12-10-24;/h3-5,14,23H,6-13H2,1-2H3,(H2,20,21,22);1H. The van der Waals surface area contributed by atoms with Gasteiger partial charge in [-0.25, -0.2) is 12.7 Å². The molecule has 1 aliphatic heterocycles. The van der Waals surface area contributed by atoms with Crippen LogP contribution in [0.3, 0.4) is 0 Å². The third-order valence-corrected chi connectivity index (χ3v) is 7.75. The molecule has 2 heterocycles. The maximum absolute atomic E-state index is 12.4. The first-order valence-corrected chi connectivity index (χ1v) is 12.3. The molecule has 0 atom stereocenters. The second-order valence-corrected chi connectivity index (χ2v) is 10.1. The molecule has 0 unspecified atom stereocenters. The molecule has 10 heteroatoms. The molecule has 3 rings (SSSR count). The summed E-state index contributed by atoms with van der Waals surface area (Å²) in [4.78, 5) is 7.53. The summed E-state index contributed by atoms with van der Waals surface area (Å²) >= 11 is 1.80. The molecule has 0 amide bonds. The largest absolute Gasteiger partial charge is 0.361 e. The predicted molar refractivity (Wildman–Crippen MR) is 134 cm³/mol. The number of aromatic nitrogens is 1. The number of aliphatic imine (C=N–C) groups is 1. The predicted octanol–water partition coefficient (Wildman–Crippen LogP) is 2.18. The van der Waals surface area contributed by atoms with E-state index in [2.05, 4.69) is 51.9 Å². The Labute approximate surface area is 194 Å². The Morgan fingerprint density at radius 3 is 2.69 bits per heavy atom. The van der Waals surface area contributed by atoms with E-state index in [9.17, 15) is 8.42 Å². The molecule has 29 heavy (non-hydrogen) atoms. The minimum absolute atomic E-state index is 0.